The molecule has 14 nitrogen and oxygen atoms in total. The lowest BCUT2D eigenvalue weighted by molar-refractivity contribution is -0.132. The summed E-state index contributed by atoms with van der Waals surface area (Å²) in [6.07, 6.45) is 7.29. The topological polar surface area (TPSA) is 153 Å². The van der Waals surface area contributed by atoms with Gasteiger partial charge in [0.2, 0.25) is 17.8 Å². The number of ether oxygens (including phenoxy) is 2. The molecule has 1 aliphatic carbocycles. The van der Waals surface area contributed by atoms with Crippen molar-refractivity contribution in [1.82, 2.24) is 39.9 Å². The Kier molecular flexibility index (Phi) is 7.72. The number of nitrogens with one attached hydrogen (secondary N) is 3. The van der Waals surface area contributed by atoms with Crippen LogP contribution in [-0.2, 0) is 19.1 Å². The Bertz CT molecular complexity index is 1460. The first-order chi connectivity index (χ1) is 20.4. The number of fused-ring (bicyclic) bond motifs is 1. The highest BCUT2D eigenvalue weighted by Crippen LogP contribution is 2.49. The third-order valence-electron chi connectivity index (χ3n) is 8.28. The largest absolute Gasteiger partial charge is 0.381 e. The highest BCUT2D eigenvalue weighted by molar-refractivity contribution is 5.89. The molecule has 2 aliphatic heterocycles. The van der Waals surface area contributed by atoms with Crippen LogP contribution in [0.1, 0.15) is 25.8 Å². The van der Waals surface area contributed by atoms with E-state index in [0.717, 1.165) is 12.8 Å². The number of rotatable bonds is 9. The van der Waals surface area contributed by atoms with Gasteiger partial charge in [-0.05, 0) is 25.3 Å². The van der Waals surface area contributed by atoms with E-state index in [9.17, 15) is 18.4 Å². The van der Waals surface area contributed by atoms with Crippen LogP contribution >= 0.6 is 0 Å². The smallest absolute Gasteiger partial charge is 0.333 e. The van der Waals surface area contributed by atoms with Crippen molar-refractivity contribution in [3.63, 3.8) is 0 Å². The minimum Gasteiger partial charge on any atom is -0.381 e. The molecule has 42 heavy (non-hydrogen) atoms. The average Bonchev–Trinajstić information content (AvgIpc) is 3.68. The second kappa shape index (κ2) is 11.6. The maximum absolute atomic E-state index is 13.2. The summed E-state index contributed by atoms with van der Waals surface area (Å²) in [5.74, 6) is 0.263. The molecule has 2 amide bonds. The SMILES string of the molecule is C=CC(=O)NC1CC(NC(=O)CNc2nc(N3CCOCC3)nc3c2ncn3-c2cnn(C(F)F)c2)C12CCOCC2. The molecular weight excluding hydrogens is 554 g/mol. The van der Waals surface area contributed by atoms with Crippen molar-refractivity contribution >= 4 is 34.7 Å². The summed E-state index contributed by atoms with van der Waals surface area (Å²) >= 11 is 0. The molecule has 3 aliphatic rings. The van der Waals surface area contributed by atoms with Crippen molar-refractivity contribution in [2.75, 3.05) is 56.3 Å². The summed E-state index contributed by atoms with van der Waals surface area (Å²) in [5, 5.41) is 13.0. The number of aromatic nitrogens is 6. The Labute approximate surface area is 239 Å². The van der Waals surface area contributed by atoms with Gasteiger partial charge in [-0.15, -0.1) is 0 Å². The van der Waals surface area contributed by atoms with E-state index < -0.39 is 6.55 Å². The van der Waals surface area contributed by atoms with Crippen LogP contribution in [0, 0.1) is 5.41 Å². The number of halogens is 2. The van der Waals surface area contributed by atoms with Gasteiger partial charge < -0.3 is 30.3 Å². The van der Waals surface area contributed by atoms with Crippen LogP contribution in [-0.4, -0.2) is 99.3 Å². The monoisotopic (exact) mass is 586 g/mol. The number of nitrogens with zero attached hydrogens (tertiary/aromatic N) is 7. The van der Waals surface area contributed by atoms with E-state index in [4.69, 9.17) is 9.47 Å². The molecule has 3 aromatic rings. The van der Waals surface area contributed by atoms with Gasteiger partial charge in [0, 0.05) is 43.8 Å². The predicted octanol–water partition coefficient (Wildman–Crippen LogP) is 1.01. The number of hydrogen-bond donors (Lipinski definition) is 3. The minimum absolute atomic E-state index is 0.0684. The third kappa shape index (κ3) is 5.27. The molecule has 5 heterocycles. The van der Waals surface area contributed by atoms with E-state index >= 15 is 0 Å². The lowest BCUT2D eigenvalue weighted by Gasteiger charge is -2.57. The molecular formula is C26H32F2N10O4. The number of anilines is 2. The van der Waals surface area contributed by atoms with Crippen LogP contribution in [0.25, 0.3) is 16.9 Å². The summed E-state index contributed by atoms with van der Waals surface area (Å²) < 4.78 is 39.4. The maximum Gasteiger partial charge on any atom is 0.333 e. The molecule has 6 rings (SSSR count). The molecule has 0 bridgehead atoms. The highest BCUT2D eigenvalue weighted by atomic mass is 19.3. The fourth-order valence-electron chi connectivity index (χ4n) is 5.95. The molecule has 224 valence electrons. The van der Waals surface area contributed by atoms with Gasteiger partial charge in [0.05, 0.1) is 37.8 Å². The van der Waals surface area contributed by atoms with Gasteiger partial charge in [-0.2, -0.15) is 23.8 Å². The molecule has 3 aromatic heterocycles. The summed E-state index contributed by atoms with van der Waals surface area (Å²) in [6, 6.07) is -0.188. The number of carbonyl (C=O) groups excluding carboxylic acids is 2. The lowest BCUT2D eigenvalue weighted by Crippen LogP contribution is -2.70. The van der Waals surface area contributed by atoms with Crippen LogP contribution < -0.4 is 20.9 Å². The summed E-state index contributed by atoms with van der Waals surface area (Å²) in [5.41, 5.74) is 0.836. The van der Waals surface area contributed by atoms with E-state index in [-0.39, 0.29) is 35.9 Å². The van der Waals surface area contributed by atoms with E-state index in [1.165, 1.54) is 24.8 Å². The zero-order valence-corrected chi connectivity index (χ0v) is 22.8. The Morgan fingerprint density at radius 3 is 2.57 bits per heavy atom. The number of amides is 2. The molecule has 1 saturated carbocycles. The first-order valence-corrected chi connectivity index (χ1v) is 13.8. The number of imidazole rings is 1. The fraction of sp³-hybridized carbons (Fsp3) is 0.538. The number of morpholine rings is 1. The Hall–Kier alpha value is -4.18. The molecule has 3 fully saturated rings. The maximum atomic E-state index is 13.2. The van der Waals surface area contributed by atoms with Gasteiger partial charge in [0.1, 0.15) is 6.33 Å². The number of carbonyl (C=O) groups is 2. The fourth-order valence-corrected chi connectivity index (χ4v) is 5.95. The van der Waals surface area contributed by atoms with Crippen LogP contribution in [0.5, 0.6) is 0 Å². The summed E-state index contributed by atoms with van der Waals surface area (Å²) in [6.45, 7) is 3.95. The number of alkyl halides is 2. The van der Waals surface area contributed by atoms with Crippen molar-refractivity contribution < 1.29 is 27.8 Å². The van der Waals surface area contributed by atoms with Gasteiger partial charge in [-0.25, -0.2) is 9.67 Å². The minimum atomic E-state index is -2.78. The normalized spacial score (nSPS) is 21.7. The van der Waals surface area contributed by atoms with Gasteiger partial charge in [0.25, 0.3) is 0 Å². The Morgan fingerprint density at radius 2 is 1.86 bits per heavy atom. The van der Waals surface area contributed by atoms with Gasteiger partial charge in [-0.3, -0.25) is 14.2 Å². The molecule has 2 saturated heterocycles. The average molecular weight is 587 g/mol. The summed E-state index contributed by atoms with van der Waals surface area (Å²) in [7, 11) is 0. The van der Waals surface area contributed by atoms with Gasteiger partial charge in [0.15, 0.2) is 17.0 Å². The van der Waals surface area contributed by atoms with Gasteiger partial charge in [-0.1, -0.05) is 6.58 Å². The van der Waals surface area contributed by atoms with Crippen LogP contribution in [0.4, 0.5) is 20.5 Å². The van der Waals surface area contributed by atoms with Crippen molar-refractivity contribution in [3.8, 4) is 5.69 Å². The first kappa shape index (κ1) is 28.0. The standard InChI is InChI=1S/C26H32F2N10O4/c1-2-19(39)32-17-11-18(26(17)3-7-41-8-4-26)33-20(40)13-29-22-21-23(35-25(34-22)36-5-9-42-10-6-36)37(15-30-21)16-12-31-38(14-16)24(27)28/h2,12,14-15,17-18,24H,1,3-11,13H2,(H,32,39)(H,33,40)(H,29,34,35). The van der Waals surface area contributed by atoms with E-state index in [2.05, 4.69) is 42.6 Å². The molecule has 16 heteroatoms. The predicted molar refractivity (Wildman–Crippen MR) is 146 cm³/mol. The zero-order valence-electron chi connectivity index (χ0n) is 22.8. The van der Waals surface area contributed by atoms with Crippen LogP contribution in [0.3, 0.4) is 0 Å². The summed E-state index contributed by atoms with van der Waals surface area (Å²) in [4.78, 5) is 40.9. The number of hydrogen-bond acceptors (Lipinski definition) is 10. The second-order valence-electron chi connectivity index (χ2n) is 10.5. The van der Waals surface area contributed by atoms with Crippen LogP contribution in [0.15, 0.2) is 31.4 Å². The molecule has 0 aromatic carbocycles. The lowest BCUT2D eigenvalue weighted by atomic mass is 9.56. The first-order valence-electron chi connectivity index (χ1n) is 13.8. The van der Waals surface area contributed by atoms with Crippen molar-refractivity contribution in [1.29, 1.82) is 0 Å². The molecule has 2 atom stereocenters. The Balaban J connectivity index is 1.21. The molecule has 2 unspecified atom stereocenters. The van der Waals surface area contributed by atoms with Crippen LogP contribution in [0.2, 0.25) is 0 Å². The molecule has 1 spiro atoms. The highest BCUT2D eigenvalue weighted by Gasteiger charge is 2.56. The van der Waals surface area contributed by atoms with Crippen molar-refractivity contribution in [2.45, 2.75) is 37.9 Å². The second-order valence-corrected chi connectivity index (χ2v) is 10.5. The Morgan fingerprint density at radius 1 is 1.12 bits per heavy atom. The molecule has 0 radical (unpaired) electrons. The molecule has 3 N–H and O–H groups in total. The van der Waals surface area contributed by atoms with Crippen molar-refractivity contribution in [2.24, 2.45) is 5.41 Å². The van der Waals surface area contributed by atoms with E-state index in [1.54, 1.807) is 4.57 Å². The quantitative estimate of drug-likeness (QED) is 0.310. The van der Waals surface area contributed by atoms with Crippen molar-refractivity contribution in [3.05, 3.63) is 31.4 Å². The van der Waals surface area contributed by atoms with E-state index in [1.807, 2.05) is 4.90 Å². The van der Waals surface area contributed by atoms with Gasteiger partial charge >= 0.3 is 6.55 Å². The van der Waals surface area contributed by atoms with E-state index in [0.29, 0.717) is 79.2 Å². The zero-order chi connectivity index (χ0) is 29.3. The third-order valence-corrected chi connectivity index (χ3v) is 8.28.